The van der Waals surface area contributed by atoms with E-state index in [9.17, 15) is 14.4 Å². The molecule has 27 heavy (non-hydrogen) atoms. The monoisotopic (exact) mass is 403 g/mol. The Morgan fingerprint density at radius 2 is 1.89 bits per heavy atom. The Bertz CT molecular complexity index is 969. The molecule has 0 spiro atoms. The van der Waals surface area contributed by atoms with Crippen molar-refractivity contribution in [1.29, 1.82) is 0 Å². The Kier molecular flexibility index (Phi) is 5.53. The Morgan fingerprint density at radius 1 is 1.19 bits per heavy atom. The third-order valence-corrected chi connectivity index (χ3v) is 4.76. The van der Waals surface area contributed by atoms with Crippen LogP contribution in [0.25, 0.3) is 6.08 Å². The number of imide groups is 1. The molecule has 2 aromatic rings. The fourth-order valence-electron chi connectivity index (χ4n) is 2.34. The van der Waals surface area contributed by atoms with Gasteiger partial charge in [-0.25, -0.2) is 4.79 Å². The topological polar surface area (TPSA) is 81.7 Å². The summed E-state index contributed by atoms with van der Waals surface area (Å²) in [6, 6.07) is 10.00. The maximum atomic E-state index is 12.3. The summed E-state index contributed by atoms with van der Waals surface area (Å²) in [4.78, 5) is 35.5. The van der Waals surface area contributed by atoms with Gasteiger partial charge in [0.15, 0.2) is 11.5 Å². The van der Waals surface area contributed by atoms with E-state index in [0.29, 0.717) is 11.1 Å². The second kappa shape index (κ2) is 7.85. The molecule has 8 heteroatoms. The zero-order valence-electron chi connectivity index (χ0n) is 14.4. The molecule has 2 aromatic carbocycles. The first-order chi connectivity index (χ1) is 12.9. The van der Waals surface area contributed by atoms with E-state index in [0.717, 1.165) is 17.3 Å². The number of ether oxygens (including phenoxy) is 2. The third kappa shape index (κ3) is 4.32. The lowest BCUT2D eigenvalue weighted by Gasteiger charge is -2.12. The van der Waals surface area contributed by atoms with Crippen LogP contribution in [0.3, 0.4) is 0 Å². The molecule has 3 rings (SSSR count). The van der Waals surface area contributed by atoms with Crippen LogP contribution in [0, 0.1) is 6.92 Å². The molecule has 1 saturated heterocycles. The van der Waals surface area contributed by atoms with Gasteiger partial charge in [-0.3, -0.25) is 14.9 Å². The number of halogens is 1. The van der Waals surface area contributed by atoms with Crippen molar-refractivity contribution < 1.29 is 23.9 Å². The van der Waals surface area contributed by atoms with Gasteiger partial charge in [0.05, 0.1) is 22.6 Å². The summed E-state index contributed by atoms with van der Waals surface area (Å²) in [5.41, 5.74) is 1.92. The number of hydrogen-bond acceptors (Lipinski definition) is 6. The van der Waals surface area contributed by atoms with Gasteiger partial charge in [-0.1, -0.05) is 29.3 Å². The Labute approximate surface area is 164 Å². The van der Waals surface area contributed by atoms with Crippen LogP contribution in [-0.4, -0.2) is 24.2 Å². The lowest BCUT2D eigenvalue weighted by atomic mass is 10.1. The van der Waals surface area contributed by atoms with Gasteiger partial charge in [-0.15, -0.1) is 0 Å². The Balaban J connectivity index is 1.89. The molecular weight excluding hydrogens is 390 g/mol. The smallest absolute Gasteiger partial charge is 0.343 e. The molecule has 138 valence electrons. The van der Waals surface area contributed by atoms with Crippen LogP contribution < -0.4 is 14.8 Å². The van der Waals surface area contributed by atoms with Gasteiger partial charge in [0.1, 0.15) is 0 Å². The Hall–Kier alpha value is -2.77. The fraction of sp³-hybridized carbons (Fsp3) is 0.105. The fourth-order valence-corrected chi connectivity index (χ4v) is 3.28. The van der Waals surface area contributed by atoms with Crippen molar-refractivity contribution in [3.63, 3.8) is 0 Å². The first-order valence-corrected chi connectivity index (χ1v) is 8.98. The first kappa shape index (κ1) is 19.0. The number of amides is 2. The molecule has 2 amide bonds. The lowest BCUT2D eigenvalue weighted by Crippen LogP contribution is -2.17. The van der Waals surface area contributed by atoms with Crippen molar-refractivity contribution in [2.45, 2.75) is 6.92 Å². The number of carbonyl (C=O) groups is 3. The van der Waals surface area contributed by atoms with E-state index < -0.39 is 17.1 Å². The normalized spacial score (nSPS) is 15.0. The van der Waals surface area contributed by atoms with Crippen molar-refractivity contribution in [1.82, 2.24) is 5.32 Å². The summed E-state index contributed by atoms with van der Waals surface area (Å²) in [7, 11) is 1.41. The number of methoxy groups -OCH3 is 1. The highest BCUT2D eigenvalue weighted by atomic mass is 35.5. The van der Waals surface area contributed by atoms with Gasteiger partial charge in [-0.2, -0.15) is 0 Å². The van der Waals surface area contributed by atoms with Crippen LogP contribution in [0.1, 0.15) is 21.5 Å². The lowest BCUT2D eigenvalue weighted by molar-refractivity contribution is -0.115. The predicted octanol–water partition coefficient (Wildman–Crippen LogP) is 4.20. The van der Waals surface area contributed by atoms with Crippen LogP contribution in [0.5, 0.6) is 11.5 Å². The number of rotatable bonds is 4. The number of benzene rings is 2. The van der Waals surface area contributed by atoms with Gasteiger partial charge in [0.25, 0.3) is 11.1 Å². The van der Waals surface area contributed by atoms with E-state index in [4.69, 9.17) is 21.1 Å². The molecule has 0 bridgehead atoms. The summed E-state index contributed by atoms with van der Waals surface area (Å²) >= 11 is 7.05. The quantitative estimate of drug-likeness (QED) is 0.468. The summed E-state index contributed by atoms with van der Waals surface area (Å²) in [5.74, 6) is -0.747. The standard InChI is InChI=1S/C19H14ClNO5S/c1-10-3-5-12(6-4-10)18(23)26-16-13(20)7-11(8-14(16)25-2)9-15-17(22)21-19(24)27-15/h3-9H,1-2H3,(H,21,22,24)/b15-9-. The van der Waals surface area contributed by atoms with Crippen molar-refractivity contribution in [3.05, 3.63) is 63.0 Å². The molecule has 0 radical (unpaired) electrons. The molecule has 0 atom stereocenters. The highest BCUT2D eigenvalue weighted by molar-refractivity contribution is 8.18. The molecule has 6 nitrogen and oxygen atoms in total. The summed E-state index contributed by atoms with van der Waals surface area (Å²) in [6.45, 7) is 1.92. The maximum Gasteiger partial charge on any atom is 0.343 e. The molecule has 0 unspecified atom stereocenters. The second-order valence-electron chi connectivity index (χ2n) is 5.64. The molecule has 0 aromatic heterocycles. The van der Waals surface area contributed by atoms with Crippen molar-refractivity contribution in [2.75, 3.05) is 7.11 Å². The van der Waals surface area contributed by atoms with Crippen LogP contribution in [0.2, 0.25) is 5.02 Å². The molecule has 1 aliphatic rings. The predicted molar refractivity (Wildman–Crippen MR) is 103 cm³/mol. The van der Waals surface area contributed by atoms with Gasteiger partial charge >= 0.3 is 5.97 Å². The van der Waals surface area contributed by atoms with E-state index in [1.165, 1.54) is 19.3 Å². The minimum Gasteiger partial charge on any atom is -0.493 e. The van der Waals surface area contributed by atoms with Gasteiger partial charge in [-0.05, 0) is 54.6 Å². The second-order valence-corrected chi connectivity index (χ2v) is 7.06. The van der Waals surface area contributed by atoms with Crippen LogP contribution in [0.4, 0.5) is 4.79 Å². The largest absolute Gasteiger partial charge is 0.493 e. The molecule has 1 N–H and O–H groups in total. The highest BCUT2D eigenvalue weighted by Gasteiger charge is 2.25. The number of carbonyl (C=O) groups excluding carboxylic acids is 3. The van der Waals surface area contributed by atoms with E-state index in [1.807, 2.05) is 6.92 Å². The average molecular weight is 404 g/mol. The number of hydrogen-bond donors (Lipinski definition) is 1. The zero-order valence-corrected chi connectivity index (χ0v) is 15.9. The number of nitrogens with one attached hydrogen (secondary N) is 1. The summed E-state index contributed by atoms with van der Waals surface area (Å²) in [5, 5.41) is 1.87. The Morgan fingerprint density at radius 3 is 2.48 bits per heavy atom. The molecular formula is C19H14ClNO5S. The molecule has 1 heterocycles. The van der Waals surface area contributed by atoms with E-state index in [2.05, 4.69) is 5.32 Å². The maximum absolute atomic E-state index is 12.3. The minimum absolute atomic E-state index is 0.0755. The molecule has 1 fully saturated rings. The third-order valence-electron chi connectivity index (χ3n) is 3.67. The van der Waals surface area contributed by atoms with Crippen LogP contribution in [-0.2, 0) is 4.79 Å². The number of thioether (sulfide) groups is 1. The van der Waals surface area contributed by atoms with Crippen molar-refractivity contribution in [3.8, 4) is 11.5 Å². The molecule has 0 aliphatic carbocycles. The first-order valence-electron chi connectivity index (χ1n) is 7.78. The molecule has 1 aliphatic heterocycles. The van der Waals surface area contributed by atoms with Crippen molar-refractivity contribution in [2.24, 2.45) is 0 Å². The number of esters is 1. The minimum atomic E-state index is -0.572. The van der Waals surface area contributed by atoms with E-state index >= 15 is 0 Å². The van der Waals surface area contributed by atoms with E-state index in [-0.39, 0.29) is 21.4 Å². The highest BCUT2D eigenvalue weighted by Crippen LogP contribution is 2.38. The van der Waals surface area contributed by atoms with Crippen LogP contribution >= 0.6 is 23.4 Å². The van der Waals surface area contributed by atoms with Crippen LogP contribution in [0.15, 0.2) is 41.3 Å². The SMILES string of the molecule is COc1cc(/C=C2\SC(=O)NC2=O)cc(Cl)c1OC(=O)c1ccc(C)cc1. The molecule has 0 saturated carbocycles. The van der Waals surface area contributed by atoms with E-state index in [1.54, 1.807) is 30.3 Å². The van der Waals surface area contributed by atoms with Gasteiger partial charge < -0.3 is 9.47 Å². The van der Waals surface area contributed by atoms with Gasteiger partial charge in [0.2, 0.25) is 0 Å². The van der Waals surface area contributed by atoms with Gasteiger partial charge in [0, 0.05) is 0 Å². The summed E-state index contributed by atoms with van der Waals surface area (Å²) in [6.07, 6.45) is 1.50. The van der Waals surface area contributed by atoms with Crippen molar-refractivity contribution >= 4 is 46.6 Å². The summed E-state index contributed by atoms with van der Waals surface area (Å²) < 4.78 is 10.7. The zero-order chi connectivity index (χ0) is 19.6. The number of aryl methyl sites for hydroxylation is 1. The average Bonchev–Trinajstić information content (AvgIpc) is 2.94.